The summed E-state index contributed by atoms with van der Waals surface area (Å²) in [6.45, 7) is 1.93. The lowest BCUT2D eigenvalue weighted by Crippen LogP contribution is -1.57. The molecule has 0 aromatic heterocycles. The molecule has 0 heterocycles. The van der Waals surface area contributed by atoms with E-state index >= 15 is 0 Å². The van der Waals surface area contributed by atoms with Crippen molar-refractivity contribution in [3.63, 3.8) is 0 Å². The Morgan fingerprint density at radius 3 is 0.0732 bits per heavy atom. The Morgan fingerprint density at radius 2 is 0.0732 bits per heavy atom. The molecule has 1 N–H and O–H groups in total. The van der Waals surface area contributed by atoms with Crippen molar-refractivity contribution >= 4 is 928 Å². The Hall–Kier alpha value is 23.2. The summed E-state index contributed by atoms with van der Waals surface area (Å²) in [6.07, 6.45) is 0. The summed E-state index contributed by atoms with van der Waals surface area (Å²) < 4.78 is 0. The first-order chi connectivity index (χ1) is 58.0. The van der Waals surface area contributed by atoms with Crippen molar-refractivity contribution in [3.8, 4) is 0 Å². The zero-order valence-corrected chi connectivity index (χ0v) is 121. The van der Waals surface area contributed by atoms with Gasteiger partial charge in [-0.2, -0.15) is 0 Å². The quantitative estimate of drug-likeness (QED) is 0.240. The number of alkyl halides is 80. The molecule has 0 aromatic rings. The van der Waals surface area contributed by atoms with Gasteiger partial charge in [-0.15, -0.1) is 928 Å². The Bertz CT molecular complexity index is 341. The van der Waals surface area contributed by atoms with Crippen LogP contribution in [0, 0.1) is 0 Å². The van der Waals surface area contributed by atoms with Gasteiger partial charge in [0, 0.05) is 6.61 Å². The third kappa shape index (κ3) is 5550. The molecule has 0 unspecified atom stereocenters. The van der Waals surface area contributed by atoms with E-state index in [1.165, 1.54) is 0 Å². The van der Waals surface area contributed by atoms with Crippen molar-refractivity contribution in [2.24, 2.45) is 0 Å². The van der Waals surface area contributed by atoms with E-state index < -0.39 is 0 Å². The van der Waals surface area contributed by atoms with Crippen molar-refractivity contribution < 1.29 is 5.11 Å². The highest BCUT2D eigenvalue weighted by atomic mass is 35.6. The number of rotatable bonds is 0. The van der Waals surface area contributed by atoms with Crippen LogP contribution in [-0.4, -0.2) is 225 Å². The molecule has 0 atom stereocenters. The Balaban J connectivity index is -0.0000000144. The number of halogens is 80. The van der Waals surface area contributed by atoms with E-state index in [1.807, 2.05) is 0 Å². The van der Waals surface area contributed by atoms with Crippen LogP contribution >= 0.6 is 928 Å². The largest absolute Gasteiger partial charge is 0.397 e. The molecule has 0 aliphatic rings. The first-order valence-corrected chi connectivity index (χ1v) is 65.2. The first-order valence-electron chi connectivity index (χ1n) is 22.4. The monoisotopic (exact) mass is 3400 g/mol. The first kappa shape index (κ1) is 278. The fourth-order valence-electron chi connectivity index (χ4n) is 0. The summed E-state index contributed by atoms with van der Waals surface area (Å²) in [4.78, 5) is 0. The molecule has 0 bridgehead atoms. The van der Waals surface area contributed by atoms with Gasteiger partial charge in [-0.25, -0.2) is 0 Å². The average Bonchev–Trinajstić information content (AvgIpc) is 3.64. The van der Waals surface area contributed by atoms with Crippen LogP contribution in [0.15, 0.2) is 0 Å². The topological polar surface area (TPSA) is 20.2 Å². The number of hydrogen-bond donors (Lipinski definition) is 1. The number of hydrogen-bond acceptors (Lipinski definition) is 1. The summed E-state index contributed by atoms with van der Waals surface area (Å²) in [5.41, 5.74) is 0. The SMILES string of the molecule is CCO.ClCCl.ClCCl.ClCCl.ClCCl.ClCCl.ClCCl.ClCCl.ClCCl.ClCCl.ClCCl.ClCCl.ClCCl.ClCCl.ClCCl.ClCCl.ClCCl.ClCCl.ClCCl.ClCCl.ClCCl.ClCCl.ClCCl.ClCCl.ClCCl.ClCCl.ClCCl.ClCCl.ClCCl.ClCCl.ClCCl.ClCCl.ClCCl.ClCCl.ClCCl.ClCCl.ClCCl.ClCCl.ClCCl.ClCCl.ClCCl. The molecule has 81 heteroatoms. The smallest absolute Gasteiger partial charge is 0.0967 e. The van der Waals surface area contributed by atoms with Crippen LogP contribution in [0.4, 0.5) is 0 Å². The van der Waals surface area contributed by atoms with Crippen LogP contribution in [0.3, 0.4) is 0 Å². The van der Waals surface area contributed by atoms with Crippen molar-refractivity contribution in [3.05, 3.63) is 0 Å². The normalized spacial score (nSPS) is 6.00. The molecule has 0 fully saturated rings. The number of aliphatic hydroxyl groups is 1. The van der Waals surface area contributed by atoms with Gasteiger partial charge in [0.2, 0.25) is 0 Å². The van der Waals surface area contributed by atoms with Crippen LogP contribution in [0.1, 0.15) is 6.92 Å². The fourth-order valence-corrected chi connectivity index (χ4v) is 0. The van der Waals surface area contributed by atoms with Crippen molar-refractivity contribution in [2.45, 2.75) is 6.92 Å². The molecular formula is C42H86Cl80O. The minimum Gasteiger partial charge on any atom is -0.397 e. The van der Waals surface area contributed by atoms with Gasteiger partial charge in [0.15, 0.2) is 0 Å². The molecule has 0 radical (unpaired) electrons. The van der Waals surface area contributed by atoms with Gasteiger partial charge in [0.25, 0.3) is 0 Å². The minimum absolute atomic E-state index is 0.194. The van der Waals surface area contributed by atoms with Crippen molar-refractivity contribution in [1.82, 2.24) is 0 Å². The average molecular weight is 3440 g/mol. The molecule has 0 amide bonds. The summed E-state index contributed by atoms with van der Waals surface area (Å²) in [5, 5.41) is 15.3. The lowest BCUT2D eigenvalue weighted by Gasteiger charge is -1.52. The molecule has 0 rings (SSSR count). The molecule has 1 nitrogen and oxygen atoms in total. The maximum Gasteiger partial charge on any atom is 0.0967 e. The third-order valence-electron chi connectivity index (χ3n) is 0. The van der Waals surface area contributed by atoms with Gasteiger partial charge in [-0.1, -0.05) is 0 Å². The van der Waals surface area contributed by atoms with Gasteiger partial charge in [0.1, 0.15) is 0 Å². The maximum atomic E-state index is 7.57. The van der Waals surface area contributed by atoms with Gasteiger partial charge in [-0.3, -0.25) is 0 Å². The van der Waals surface area contributed by atoms with E-state index in [9.17, 15) is 0 Å². The van der Waals surface area contributed by atoms with Gasteiger partial charge in [0.05, 0.1) is 214 Å². The Labute approximate surface area is 1140 Å². The van der Waals surface area contributed by atoms with Crippen LogP contribution in [0.25, 0.3) is 0 Å². The second kappa shape index (κ2) is 733. The molecule has 0 aliphatic heterocycles. The van der Waals surface area contributed by atoms with Crippen LogP contribution in [0.5, 0.6) is 0 Å². The van der Waals surface area contributed by atoms with Gasteiger partial charge >= 0.3 is 0 Å². The van der Waals surface area contributed by atoms with E-state index in [0.29, 0.717) is 0 Å². The van der Waals surface area contributed by atoms with Gasteiger partial charge in [-0.05, 0) is 6.92 Å². The van der Waals surface area contributed by atoms with Crippen LogP contribution in [0.2, 0.25) is 0 Å². The maximum absolute atomic E-state index is 7.57. The highest BCUT2D eigenvalue weighted by molar-refractivity contribution is 6.51. The Morgan fingerprint density at radius 1 is 0.0732 bits per heavy atom. The summed E-state index contributed by atoms with van der Waals surface area (Å²) in [5.74, 6) is 0. The predicted octanol–water partition coefficient (Wildman–Crippen LogP) is 56.9. The molecule has 0 spiro atoms. The highest BCUT2D eigenvalue weighted by Crippen LogP contribution is 1.84. The molecular weight excluding hydrogens is 3360 g/mol. The summed E-state index contributed by atoms with van der Waals surface area (Å²) in [7, 11) is 0. The van der Waals surface area contributed by atoms with Crippen LogP contribution in [-0.2, 0) is 0 Å². The Kier molecular flexibility index (Phi) is 1660. The molecule has 0 saturated heterocycles. The molecule has 0 saturated carbocycles. The zero-order chi connectivity index (χ0) is 111. The standard InChI is InChI=1S/C2H6O.40CH2Cl2/c1-2-3;40*2-1-3/h3H,2H2,1H3;40*1H2. The minimum atomic E-state index is 0.194. The van der Waals surface area contributed by atoms with E-state index in [4.69, 9.17) is 933 Å². The van der Waals surface area contributed by atoms with E-state index in [0.717, 1.165) is 0 Å². The zero-order valence-electron chi connectivity index (χ0n) is 60.7. The van der Waals surface area contributed by atoms with Crippen LogP contribution < -0.4 is 0 Å². The molecule has 820 valence electrons. The molecule has 0 aliphatic carbocycles. The van der Waals surface area contributed by atoms with Crippen molar-refractivity contribution in [1.29, 1.82) is 0 Å². The lowest BCUT2D eigenvalue weighted by atomic mass is 10.9. The van der Waals surface area contributed by atoms with Gasteiger partial charge < -0.3 is 5.11 Å². The third-order valence-corrected chi connectivity index (χ3v) is 0. The second-order valence-corrected chi connectivity index (χ2v) is 36.7. The second-order valence-electron chi connectivity index (χ2n) is 4.36. The highest BCUT2D eigenvalue weighted by Gasteiger charge is 1.53. The van der Waals surface area contributed by atoms with E-state index in [1.54, 1.807) is 6.92 Å². The lowest BCUT2D eigenvalue weighted by molar-refractivity contribution is 0.318. The van der Waals surface area contributed by atoms with E-state index in [-0.39, 0.29) is 220 Å². The van der Waals surface area contributed by atoms with E-state index in [2.05, 4.69) is 0 Å². The summed E-state index contributed by atoms with van der Waals surface area (Å²) in [6, 6.07) is 0. The predicted molar refractivity (Wildman–Crippen MR) is 676 cm³/mol. The molecule has 123 heavy (non-hydrogen) atoms. The van der Waals surface area contributed by atoms with Crippen molar-refractivity contribution in [2.75, 3.05) is 220 Å². The summed E-state index contributed by atoms with van der Waals surface area (Å²) >= 11 is 381. The molecule has 0 aromatic carbocycles. The fraction of sp³-hybridized carbons (Fsp3) is 1.00. The number of aliphatic hydroxyl groups excluding tert-OH is 1.